The van der Waals surface area contributed by atoms with Crippen molar-refractivity contribution in [1.82, 2.24) is 10.3 Å². The third kappa shape index (κ3) is 3.14. The van der Waals surface area contributed by atoms with E-state index in [2.05, 4.69) is 22.4 Å². The van der Waals surface area contributed by atoms with Gasteiger partial charge >= 0.3 is 0 Å². The number of amides is 1. The summed E-state index contributed by atoms with van der Waals surface area (Å²) in [4.78, 5) is 15.6. The fourth-order valence-corrected chi connectivity index (χ4v) is 2.33. The Kier molecular flexibility index (Phi) is 3.88. The van der Waals surface area contributed by atoms with Crippen molar-refractivity contribution < 1.29 is 4.79 Å². The van der Waals surface area contributed by atoms with E-state index in [4.69, 9.17) is 0 Å². The average molecular weight is 246 g/mol. The number of hydrogen-bond acceptors (Lipinski definition) is 3. The lowest BCUT2D eigenvalue weighted by atomic mass is 10.1. The smallest absolute Gasteiger partial charge is 0.270 e. The highest BCUT2D eigenvalue weighted by atomic mass is 32.1. The van der Waals surface area contributed by atoms with E-state index in [9.17, 15) is 4.79 Å². The number of aromatic nitrogens is 1. The van der Waals surface area contributed by atoms with Gasteiger partial charge in [-0.25, -0.2) is 4.98 Å². The number of carbonyl (C=O) groups excluding carboxylic acids is 1. The molecule has 0 fully saturated rings. The number of hydrogen-bond donors (Lipinski definition) is 1. The highest BCUT2D eigenvalue weighted by Gasteiger charge is 2.08. The van der Waals surface area contributed by atoms with Crippen molar-refractivity contribution in [1.29, 1.82) is 0 Å². The van der Waals surface area contributed by atoms with E-state index < -0.39 is 0 Å². The van der Waals surface area contributed by atoms with E-state index in [1.165, 1.54) is 5.56 Å². The van der Waals surface area contributed by atoms with Gasteiger partial charge in [-0.2, -0.15) is 0 Å². The minimum atomic E-state index is -0.118. The molecule has 1 heterocycles. The summed E-state index contributed by atoms with van der Waals surface area (Å²) < 4.78 is 0. The highest BCUT2D eigenvalue weighted by Crippen LogP contribution is 2.13. The molecule has 17 heavy (non-hydrogen) atoms. The number of rotatable bonds is 4. The monoisotopic (exact) mass is 246 g/mol. The average Bonchev–Trinajstić information content (AvgIpc) is 2.85. The number of carbonyl (C=O) groups is 1. The Morgan fingerprint density at radius 1 is 1.29 bits per heavy atom. The number of nitrogens with one attached hydrogen (secondary N) is 1. The van der Waals surface area contributed by atoms with Crippen LogP contribution in [0.1, 0.15) is 21.1 Å². The second kappa shape index (κ2) is 5.59. The maximum absolute atomic E-state index is 11.3. The van der Waals surface area contributed by atoms with Crippen molar-refractivity contribution in [3.8, 4) is 0 Å². The zero-order chi connectivity index (χ0) is 12.1. The second-order valence-electron chi connectivity index (χ2n) is 3.69. The summed E-state index contributed by atoms with van der Waals surface area (Å²) in [7, 11) is 1.62. The zero-order valence-electron chi connectivity index (χ0n) is 9.64. The first-order valence-corrected chi connectivity index (χ1v) is 6.38. The molecule has 2 rings (SSSR count). The van der Waals surface area contributed by atoms with Crippen LogP contribution in [0.25, 0.3) is 0 Å². The normalized spacial score (nSPS) is 10.2. The molecule has 2 aromatic rings. The van der Waals surface area contributed by atoms with Gasteiger partial charge in [0, 0.05) is 18.8 Å². The highest BCUT2D eigenvalue weighted by molar-refractivity contribution is 7.09. The summed E-state index contributed by atoms with van der Waals surface area (Å²) in [6, 6.07) is 10.3. The molecule has 0 aliphatic heterocycles. The zero-order valence-corrected chi connectivity index (χ0v) is 10.5. The van der Waals surface area contributed by atoms with Gasteiger partial charge in [-0.3, -0.25) is 4.79 Å². The van der Waals surface area contributed by atoms with Gasteiger partial charge in [-0.15, -0.1) is 11.3 Å². The van der Waals surface area contributed by atoms with Gasteiger partial charge in [0.05, 0.1) is 5.01 Å². The van der Waals surface area contributed by atoms with Crippen LogP contribution in [-0.2, 0) is 12.8 Å². The fraction of sp³-hybridized carbons (Fsp3) is 0.231. The largest absolute Gasteiger partial charge is 0.354 e. The molecule has 0 atom stereocenters. The van der Waals surface area contributed by atoms with Crippen molar-refractivity contribution in [3.05, 3.63) is 52.0 Å². The molecule has 0 aliphatic carbocycles. The number of benzene rings is 1. The van der Waals surface area contributed by atoms with Crippen LogP contribution in [0, 0.1) is 0 Å². The molecule has 0 saturated carbocycles. The van der Waals surface area contributed by atoms with Gasteiger partial charge in [0.25, 0.3) is 5.91 Å². The minimum Gasteiger partial charge on any atom is -0.354 e. The van der Waals surface area contributed by atoms with E-state index in [1.54, 1.807) is 23.8 Å². The molecule has 1 aromatic carbocycles. The molecular weight excluding hydrogens is 232 g/mol. The number of thiazole rings is 1. The van der Waals surface area contributed by atoms with Crippen LogP contribution in [0.4, 0.5) is 0 Å². The van der Waals surface area contributed by atoms with Crippen molar-refractivity contribution in [2.24, 2.45) is 0 Å². The molecule has 0 spiro atoms. The van der Waals surface area contributed by atoms with Gasteiger partial charge in [0.15, 0.2) is 0 Å². The lowest BCUT2D eigenvalue weighted by molar-refractivity contribution is 0.0958. The maximum atomic E-state index is 11.3. The summed E-state index contributed by atoms with van der Waals surface area (Å²) in [6.45, 7) is 0. The Labute approximate surface area is 105 Å². The van der Waals surface area contributed by atoms with Crippen LogP contribution in [-0.4, -0.2) is 17.9 Å². The quantitative estimate of drug-likeness (QED) is 0.899. The van der Waals surface area contributed by atoms with E-state index in [-0.39, 0.29) is 5.91 Å². The predicted molar refractivity (Wildman–Crippen MR) is 69.4 cm³/mol. The SMILES string of the molecule is CNC(=O)c1csc(CCc2ccccc2)n1. The van der Waals surface area contributed by atoms with Crippen LogP contribution < -0.4 is 5.32 Å². The van der Waals surface area contributed by atoms with Crippen molar-refractivity contribution in [2.45, 2.75) is 12.8 Å². The van der Waals surface area contributed by atoms with Crippen molar-refractivity contribution in [2.75, 3.05) is 7.05 Å². The van der Waals surface area contributed by atoms with Crippen LogP contribution in [0.2, 0.25) is 0 Å². The lowest BCUT2D eigenvalue weighted by Crippen LogP contribution is -2.18. The molecule has 0 radical (unpaired) electrons. The summed E-state index contributed by atoms with van der Waals surface area (Å²) >= 11 is 1.54. The van der Waals surface area contributed by atoms with Crippen LogP contribution in [0.5, 0.6) is 0 Å². The minimum absolute atomic E-state index is 0.118. The Balaban J connectivity index is 1.96. The molecule has 4 heteroatoms. The Morgan fingerprint density at radius 3 is 2.76 bits per heavy atom. The summed E-state index contributed by atoms with van der Waals surface area (Å²) in [5.74, 6) is -0.118. The Hall–Kier alpha value is -1.68. The third-order valence-electron chi connectivity index (χ3n) is 2.48. The lowest BCUT2D eigenvalue weighted by Gasteiger charge is -1.98. The first-order chi connectivity index (χ1) is 8.29. The van der Waals surface area contributed by atoms with Gasteiger partial charge < -0.3 is 5.32 Å². The summed E-state index contributed by atoms with van der Waals surface area (Å²) in [5.41, 5.74) is 1.81. The van der Waals surface area contributed by atoms with E-state index in [1.807, 2.05) is 18.2 Å². The van der Waals surface area contributed by atoms with Gasteiger partial charge in [0.2, 0.25) is 0 Å². The molecular formula is C13H14N2OS. The van der Waals surface area contributed by atoms with Crippen LogP contribution >= 0.6 is 11.3 Å². The summed E-state index contributed by atoms with van der Waals surface area (Å²) in [6.07, 6.45) is 1.84. The van der Waals surface area contributed by atoms with Gasteiger partial charge in [-0.05, 0) is 12.0 Å². The molecule has 0 unspecified atom stereocenters. The topological polar surface area (TPSA) is 42.0 Å². The molecule has 1 amide bonds. The fourth-order valence-electron chi connectivity index (χ4n) is 1.55. The molecule has 3 nitrogen and oxygen atoms in total. The molecule has 0 bridgehead atoms. The van der Waals surface area contributed by atoms with Gasteiger partial charge in [-0.1, -0.05) is 30.3 Å². The molecule has 88 valence electrons. The Bertz CT molecular complexity index is 493. The predicted octanol–water partition coefficient (Wildman–Crippen LogP) is 2.29. The summed E-state index contributed by atoms with van der Waals surface area (Å²) in [5, 5.41) is 5.39. The maximum Gasteiger partial charge on any atom is 0.270 e. The van der Waals surface area contributed by atoms with E-state index in [0.717, 1.165) is 17.8 Å². The van der Waals surface area contributed by atoms with Crippen LogP contribution in [0.15, 0.2) is 35.7 Å². The molecule has 1 aromatic heterocycles. The molecule has 0 saturated heterocycles. The first kappa shape index (κ1) is 11.8. The third-order valence-corrected chi connectivity index (χ3v) is 3.39. The van der Waals surface area contributed by atoms with Crippen LogP contribution in [0.3, 0.4) is 0 Å². The first-order valence-electron chi connectivity index (χ1n) is 5.50. The van der Waals surface area contributed by atoms with Crippen molar-refractivity contribution >= 4 is 17.2 Å². The van der Waals surface area contributed by atoms with Crippen molar-refractivity contribution in [3.63, 3.8) is 0 Å². The second-order valence-corrected chi connectivity index (χ2v) is 4.63. The number of nitrogens with zero attached hydrogens (tertiary/aromatic N) is 1. The molecule has 0 aliphatic rings. The number of aryl methyl sites for hydroxylation is 2. The van der Waals surface area contributed by atoms with Gasteiger partial charge in [0.1, 0.15) is 5.69 Å². The standard InChI is InChI=1S/C13H14N2OS/c1-14-13(16)11-9-17-12(15-11)8-7-10-5-3-2-4-6-10/h2-6,9H,7-8H2,1H3,(H,14,16). The van der Waals surface area contributed by atoms with E-state index >= 15 is 0 Å². The molecule has 1 N–H and O–H groups in total. The Morgan fingerprint density at radius 2 is 2.06 bits per heavy atom. The van der Waals surface area contributed by atoms with E-state index in [0.29, 0.717) is 5.69 Å².